The van der Waals surface area contributed by atoms with Crippen molar-refractivity contribution in [2.24, 2.45) is 0 Å². The predicted molar refractivity (Wildman–Crippen MR) is 87.2 cm³/mol. The SMILES string of the molecule is Nc1cc(N2CCCCCCC2)nc(-c2ccccc2)n1. The van der Waals surface area contributed by atoms with Gasteiger partial charge in [0.1, 0.15) is 11.6 Å². The van der Waals surface area contributed by atoms with Crippen molar-refractivity contribution in [3.63, 3.8) is 0 Å². The Balaban J connectivity index is 1.89. The fourth-order valence-corrected chi connectivity index (χ4v) is 2.81. The minimum Gasteiger partial charge on any atom is -0.384 e. The van der Waals surface area contributed by atoms with E-state index in [0.717, 1.165) is 24.5 Å². The molecule has 0 spiro atoms. The van der Waals surface area contributed by atoms with Gasteiger partial charge in [0.05, 0.1) is 0 Å². The predicted octanol–water partition coefficient (Wildman–Crippen LogP) is 3.50. The molecule has 3 rings (SSSR count). The maximum atomic E-state index is 6.00. The Labute approximate surface area is 126 Å². The van der Waals surface area contributed by atoms with Crippen LogP contribution in [-0.2, 0) is 0 Å². The van der Waals surface area contributed by atoms with Crippen LogP contribution in [-0.4, -0.2) is 23.1 Å². The molecule has 0 aliphatic carbocycles. The van der Waals surface area contributed by atoms with Crippen molar-refractivity contribution in [1.82, 2.24) is 9.97 Å². The van der Waals surface area contributed by atoms with E-state index in [-0.39, 0.29) is 0 Å². The zero-order chi connectivity index (χ0) is 14.5. The molecule has 1 saturated heterocycles. The lowest BCUT2D eigenvalue weighted by atomic mass is 10.1. The fraction of sp³-hybridized carbons (Fsp3) is 0.412. The van der Waals surface area contributed by atoms with Gasteiger partial charge in [-0.25, -0.2) is 9.97 Å². The molecular weight excluding hydrogens is 260 g/mol. The normalized spacial score (nSPS) is 16.3. The highest BCUT2D eigenvalue weighted by molar-refractivity contribution is 5.60. The third-order valence-corrected chi connectivity index (χ3v) is 3.94. The van der Waals surface area contributed by atoms with Crippen LogP contribution in [0, 0.1) is 0 Å². The van der Waals surface area contributed by atoms with Crippen molar-refractivity contribution in [2.45, 2.75) is 32.1 Å². The topological polar surface area (TPSA) is 55.0 Å². The smallest absolute Gasteiger partial charge is 0.163 e. The van der Waals surface area contributed by atoms with E-state index < -0.39 is 0 Å². The van der Waals surface area contributed by atoms with Crippen molar-refractivity contribution in [3.8, 4) is 11.4 Å². The molecule has 1 aromatic heterocycles. The first-order valence-electron chi connectivity index (χ1n) is 7.78. The molecule has 0 atom stereocenters. The Bertz CT molecular complexity index is 575. The van der Waals surface area contributed by atoms with E-state index in [0.29, 0.717) is 11.6 Å². The van der Waals surface area contributed by atoms with E-state index in [2.05, 4.69) is 9.88 Å². The highest BCUT2D eigenvalue weighted by Gasteiger charge is 2.13. The van der Waals surface area contributed by atoms with Crippen LogP contribution >= 0.6 is 0 Å². The molecule has 1 aliphatic rings. The van der Waals surface area contributed by atoms with Crippen LogP contribution in [0.2, 0.25) is 0 Å². The Hall–Kier alpha value is -2.10. The highest BCUT2D eigenvalue weighted by atomic mass is 15.2. The van der Waals surface area contributed by atoms with Crippen LogP contribution in [0.3, 0.4) is 0 Å². The van der Waals surface area contributed by atoms with Crippen LogP contribution in [0.15, 0.2) is 36.4 Å². The largest absolute Gasteiger partial charge is 0.384 e. The van der Waals surface area contributed by atoms with Gasteiger partial charge >= 0.3 is 0 Å². The maximum Gasteiger partial charge on any atom is 0.163 e. The molecule has 0 amide bonds. The summed E-state index contributed by atoms with van der Waals surface area (Å²) in [4.78, 5) is 11.5. The molecule has 110 valence electrons. The summed E-state index contributed by atoms with van der Waals surface area (Å²) in [6, 6.07) is 11.9. The van der Waals surface area contributed by atoms with Crippen molar-refractivity contribution >= 4 is 11.6 Å². The van der Waals surface area contributed by atoms with Gasteiger partial charge in [-0.3, -0.25) is 0 Å². The van der Waals surface area contributed by atoms with Crippen LogP contribution in [0.5, 0.6) is 0 Å². The van der Waals surface area contributed by atoms with Gasteiger partial charge in [-0.05, 0) is 12.8 Å². The summed E-state index contributed by atoms with van der Waals surface area (Å²) in [6.45, 7) is 2.12. The lowest BCUT2D eigenvalue weighted by Gasteiger charge is -2.26. The van der Waals surface area contributed by atoms with Crippen molar-refractivity contribution in [2.75, 3.05) is 23.7 Å². The van der Waals surface area contributed by atoms with Gasteiger partial charge in [-0.15, -0.1) is 0 Å². The Morgan fingerprint density at radius 1 is 0.857 bits per heavy atom. The van der Waals surface area contributed by atoms with Crippen LogP contribution < -0.4 is 10.6 Å². The number of hydrogen-bond acceptors (Lipinski definition) is 4. The molecule has 1 aromatic carbocycles. The molecule has 1 fully saturated rings. The second-order valence-corrected chi connectivity index (χ2v) is 5.60. The van der Waals surface area contributed by atoms with Gasteiger partial charge in [0, 0.05) is 24.7 Å². The number of aromatic nitrogens is 2. The van der Waals surface area contributed by atoms with E-state index in [4.69, 9.17) is 10.7 Å². The number of nitrogens with two attached hydrogens (primary N) is 1. The van der Waals surface area contributed by atoms with E-state index in [1.807, 2.05) is 36.4 Å². The monoisotopic (exact) mass is 282 g/mol. The molecular formula is C17H22N4. The van der Waals surface area contributed by atoms with E-state index in [1.165, 1.54) is 32.1 Å². The third-order valence-electron chi connectivity index (χ3n) is 3.94. The summed E-state index contributed by atoms with van der Waals surface area (Å²) in [6.07, 6.45) is 6.43. The van der Waals surface area contributed by atoms with Crippen molar-refractivity contribution < 1.29 is 0 Å². The first kappa shape index (κ1) is 13.9. The Morgan fingerprint density at radius 2 is 1.52 bits per heavy atom. The second kappa shape index (κ2) is 6.57. The second-order valence-electron chi connectivity index (χ2n) is 5.60. The Kier molecular flexibility index (Phi) is 4.34. The summed E-state index contributed by atoms with van der Waals surface area (Å²) in [5.74, 6) is 2.22. The summed E-state index contributed by atoms with van der Waals surface area (Å²) in [7, 11) is 0. The van der Waals surface area contributed by atoms with E-state index >= 15 is 0 Å². The quantitative estimate of drug-likeness (QED) is 0.916. The lowest BCUT2D eigenvalue weighted by molar-refractivity contribution is 0.554. The zero-order valence-corrected chi connectivity index (χ0v) is 12.3. The minimum absolute atomic E-state index is 0.543. The van der Waals surface area contributed by atoms with Gasteiger partial charge in [-0.2, -0.15) is 0 Å². The molecule has 21 heavy (non-hydrogen) atoms. The van der Waals surface area contributed by atoms with E-state index in [1.54, 1.807) is 0 Å². The van der Waals surface area contributed by atoms with Gasteiger partial charge in [-0.1, -0.05) is 49.6 Å². The summed E-state index contributed by atoms with van der Waals surface area (Å²) in [5.41, 5.74) is 7.01. The maximum absolute atomic E-state index is 6.00. The molecule has 2 N–H and O–H groups in total. The minimum atomic E-state index is 0.543. The molecule has 4 heteroatoms. The van der Waals surface area contributed by atoms with Crippen molar-refractivity contribution in [1.29, 1.82) is 0 Å². The number of benzene rings is 1. The van der Waals surface area contributed by atoms with Crippen molar-refractivity contribution in [3.05, 3.63) is 36.4 Å². The summed E-state index contributed by atoms with van der Waals surface area (Å²) in [5, 5.41) is 0. The van der Waals surface area contributed by atoms with Gasteiger partial charge in [0.25, 0.3) is 0 Å². The number of hydrogen-bond donors (Lipinski definition) is 1. The molecule has 0 saturated carbocycles. The van der Waals surface area contributed by atoms with Crippen LogP contribution in [0.1, 0.15) is 32.1 Å². The number of nitrogens with zero attached hydrogens (tertiary/aromatic N) is 3. The Morgan fingerprint density at radius 3 is 2.24 bits per heavy atom. The molecule has 1 aliphatic heterocycles. The summed E-state index contributed by atoms with van der Waals surface area (Å²) >= 11 is 0. The molecule has 0 unspecified atom stereocenters. The third kappa shape index (κ3) is 3.51. The average molecular weight is 282 g/mol. The summed E-state index contributed by atoms with van der Waals surface area (Å²) < 4.78 is 0. The first-order chi connectivity index (χ1) is 10.3. The standard InChI is InChI=1S/C17H22N4/c18-15-13-16(21-11-7-2-1-3-8-12-21)20-17(19-15)14-9-5-4-6-10-14/h4-6,9-10,13H,1-3,7-8,11-12H2,(H2,18,19,20). The number of anilines is 2. The van der Waals surface area contributed by atoms with Gasteiger partial charge in [0.2, 0.25) is 0 Å². The van der Waals surface area contributed by atoms with Crippen LogP contribution in [0.4, 0.5) is 11.6 Å². The molecule has 2 heterocycles. The first-order valence-corrected chi connectivity index (χ1v) is 7.78. The van der Waals surface area contributed by atoms with E-state index in [9.17, 15) is 0 Å². The zero-order valence-electron chi connectivity index (χ0n) is 12.3. The average Bonchev–Trinajstić information content (AvgIpc) is 2.47. The fourth-order valence-electron chi connectivity index (χ4n) is 2.81. The highest BCUT2D eigenvalue weighted by Crippen LogP contribution is 2.23. The van der Waals surface area contributed by atoms with Gasteiger partial charge in [0.15, 0.2) is 5.82 Å². The van der Waals surface area contributed by atoms with Crippen LogP contribution in [0.25, 0.3) is 11.4 Å². The molecule has 0 bridgehead atoms. The number of nitrogen functional groups attached to an aromatic ring is 1. The molecule has 4 nitrogen and oxygen atoms in total. The lowest BCUT2D eigenvalue weighted by Crippen LogP contribution is -2.28. The number of rotatable bonds is 2. The molecule has 0 radical (unpaired) electrons. The van der Waals surface area contributed by atoms with Gasteiger partial charge < -0.3 is 10.6 Å². The molecule has 2 aromatic rings.